The smallest absolute Gasteiger partial charge is 0.345 e. The van der Waals surface area contributed by atoms with Gasteiger partial charge in [-0.25, -0.2) is 9.48 Å². The standard InChI is InChI=1S/C16H28N6O/c1-17-15(19-13-7-2-3-8-13)18-10-6-12-22-16(23)21-11-5-4-9-14(21)20-22/h13H,2-12H2,1H3,(H2,17,18,19). The molecule has 1 aromatic heterocycles. The van der Waals surface area contributed by atoms with Crippen LogP contribution in [0, 0.1) is 0 Å². The van der Waals surface area contributed by atoms with Crippen molar-refractivity contribution >= 4 is 5.96 Å². The summed E-state index contributed by atoms with van der Waals surface area (Å²) >= 11 is 0. The molecule has 7 nitrogen and oxygen atoms in total. The first kappa shape index (κ1) is 16.1. The molecule has 3 rings (SSSR count). The van der Waals surface area contributed by atoms with Crippen LogP contribution in [0.1, 0.15) is 50.8 Å². The Morgan fingerprint density at radius 1 is 1.30 bits per heavy atom. The molecule has 1 aliphatic heterocycles. The molecular weight excluding hydrogens is 292 g/mol. The molecule has 1 aliphatic carbocycles. The molecule has 0 unspecified atom stereocenters. The fraction of sp³-hybridized carbons (Fsp3) is 0.812. The van der Waals surface area contributed by atoms with E-state index in [4.69, 9.17) is 0 Å². The molecule has 128 valence electrons. The van der Waals surface area contributed by atoms with Crippen LogP contribution in [0.5, 0.6) is 0 Å². The number of hydrogen-bond acceptors (Lipinski definition) is 3. The summed E-state index contributed by atoms with van der Waals surface area (Å²) in [5, 5.41) is 11.3. The SMILES string of the molecule is CN=C(NCCCn1nc2n(c1=O)CCCC2)NC1CCCC1. The Bertz CT molecular complexity index is 596. The van der Waals surface area contributed by atoms with E-state index in [-0.39, 0.29) is 5.69 Å². The van der Waals surface area contributed by atoms with Crippen LogP contribution < -0.4 is 16.3 Å². The molecule has 1 saturated carbocycles. The van der Waals surface area contributed by atoms with Crippen molar-refractivity contribution in [3.8, 4) is 0 Å². The summed E-state index contributed by atoms with van der Waals surface area (Å²) in [4.78, 5) is 16.5. The maximum Gasteiger partial charge on any atom is 0.345 e. The van der Waals surface area contributed by atoms with Gasteiger partial charge in [0.1, 0.15) is 5.82 Å². The number of fused-ring (bicyclic) bond motifs is 1. The van der Waals surface area contributed by atoms with Crippen molar-refractivity contribution in [1.82, 2.24) is 25.0 Å². The number of aryl methyl sites for hydroxylation is 2. The number of nitrogens with zero attached hydrogens (tertiary/aromatic N) is 4. The van der Waals surface area contributed by atoms with Crippen LogP contribution in [0.15, 0.2) is 9.79 Å². The van der Waals surface area contributed by atoms with Crippen LogP contribution in [0.2, 0.25) is 0 Å². The zero-order valence-corrected chi connectivity index (χ0v) is 14.1. The maximum atomic E-state index is 12.2. The fourth-order valence-corrected chi connectivity index (χ4v) is 3.49. The van der Waals surface area contributed by atoms with Crippen LogP contribution in [0.4, 0.5) is 0 Å². The van der Waals surface area contributed by atoms with Gasteiger partial charge in [-0.1, -0.05) is 12.8 Å². The van der Waals surface area contributed by atoms with Crippen LogP contribution in [0.25, 0.3) is 0 Å². The topological polar surface area (TPSA) is 76.2 Å². The molecule has 2 N–H and O–H groups in total. The van der Waals surface area contributed by atoms with Gasteiger partial charge >= 0.3 is 5.69 Å². The lowest BCUT2D eigenvalue weighted by atomic mass is 10.2. The monoisotopic (exact) mass is 320 g/mol. The number of rotatable bonds is 5. The van der Waals surface area contributed by atoms with Gasteiger partial charge < -0.3 is 10.6 Å². The number of aromatic nitrogens is 3. The van der Waals surface area contributed by atoms with Gasteiger partial charge in [-0.05, 0) is 32.1 Å². The van der Waals surface area contributed by atoms with E-state index in [0.717, 1.165) is 50.6 Å². The van der Waals surface area contributed by atoms with Crippen LogP contribution in [-0.4, -0.2) is 39.9 Å². The van der Waals surface area contributed by atoms with E-state index in [9.17, 15) is 4.79 Å². The summed E-state index contributed by atoms with van der Waals surface area (Å²) in [6, 6.07) is 0.559. The van der Waals surface area contributed by atoms with Gasteiger partial charge in [-0.2, -0.15) is 5.10 Å². The molecule has 0 atom stereocenters. The molecule has 0 radical (unpaired) electrons. The number of nitrogens with one attached hydrogen (secondary N) is 2. The molecule has 0 spiro atoms. The van der Waals surface area contributed by atoms with Crippen molar-refractivity contribution in [3.63, 3.8) is 0 Å². The Balaban J connectivity index is 1.44. The second kappa shape index (κ2) is 7.66. The lowest BCUT2D eigenvalue weighted by Crippen LogP contribution is -2.42. The quantitative estimate of drug-likeness (QED) is 0.480. The van der Waals surface area contributed by atoms with Gasteiger partial charge in [-0.3, -0.25) is 9.56 Å². The summed E-state index contributed by atoms with van der Waals surface area (Å²) in [6.45, 7) is 2.28. The van der Waals surface area contributed by atoms with E-state index in [1.807, 2.05) is 4.57 Å². The summed E-state index contributed by atoms with van der Waals surface area (Å²) in [5.74, 6) is 1.82. The van der Waals surface area contributed by atoms with E-state index in [1.54, 1.807) is 11.7 Å². The molecule has 0 aromatic carbocycles. The van der Waals surface area contributed by atoms with Gasteiger partial charge in [0.05, 0.1) is 0 Å². The Kier molecular flexibility index (Phi) is 5.35. The largest absolute Gasteiger partial charge is 0.356 e. The van der Waals surface area contributed by atoms with Crippen LogP contribution in [-0.2, 0) is 19.5 Å². The zero-order chi connectivity index (χ0) is 16.1. The molecule has 23 heavy (non-hydrogen) atoms. The number of hydrogen-bond donors (Lipinski definition) is 2. The number of guanidine groups is 1. The average Bonchev–Trinajstić information content (AvgIpc) is 3.19. The minimum Gasteiger partial charge on any atom is -0.356 e. The number of aliphatic imine (C=N–C) groups is 1. The van der Waals surface area contributed by atoms with E-state index in [1.165, 1.54) is 25.7 Å². The average molecular weight is 320 g/mol. The van der Waals surface area contributed by atoms with Crippen molar-refractivity contribution in [2.45, 2.75) is 70.5 Å². The first-order valence-electron chi connectivity index (χ1n) is 8.91. The van der Waals surface area contributed by atoms with Gasteiger partial charge in [0, 0.05) is 39.1 Å². The van der Waals surface area contributed by atoms with Crippen molar-refractivity contribution < 1.29 is 0 Å². The summed E-state index contributed by atoms with van der Waals surface area (Å²) in [7, 11) is 1.80. The molecule has 1 aromatic rings. The van der Waals surface area contributed by atoms with Crippen molar-refractivity contribution in [2.75, 3.05) is 13.6 Å². The third-order valence-corrected chi connectivity index (χ3v) is 4.79. The van der Waals surface area contributed by atoms with Gasteiger partial charge in [0.15, 0.2) is 5.96 Å². The van der Waals surface area contributed by atoms with Crippen molar-refractivity contribution in [3.05, 3.63) is 16.3 Å². The first-order valence-corrected chi connectivity index (χ1v) is 8.91. The Hall–Kier alpha value is -1.79. The minimum absolute atomic E-state index is 0.0492. The molecule has 7 heteroatoms. The Morgan fingerprint density at radius 2 is 2.13 bits per heavy atom. The highest BCUT2D eigenvalue weighted by molar-refractivity contribution is 5.79. The van der Waals surface area contributed by atoms with Crippen LogP contribution in [0.3, 0.4) is 0 Å². The molecular formula is C16H28N6O. The van der Waals surface area contributed by atoms with E-state index in [2.05, 4.69) is 20.7 Å². The highest BCUT2D eigenvalue weighted by atomic mass is 16.2. The highest BCUT2D eigenvalue weighted by Gasteiger charge is 2.17. The summed E-state index contributed by atoms with van der Waals surface area (Å²) in [6.07, 6.45) is 9.10. The second-order valence-corrected chi connectivity index (χ2v) is 6.51. The maximum absolute atomic E-state index is 12.2. The molecule has 0 bridgehead atoms. The fourth-order valence-electron chi connectivity index (χ4n) is 3.49. The predicted octanol–water partition coefficient (Wildman–Crippen LogP) is 0.879. The third-order valence-electron chi connectivity index (χ3n) is 4.79. The lowest BCUT2D eigenvalue weighted by molar-refractivity contribution is 0.508. The van der Waals surface area contributed by atoms with Gasteiger partial charge in [0.25, 0.3) is 0 Å². The van der Waals surface area contributed by atoms with Crippen molar-refractivity contribution in [1.29, 1.82) is 0 Å². The second-order valence-electron chi connectivity index (χ2n) is 6.51. The molecule has 2 aliphatic rings. The van der Waals surface area contributed by atoms with Gasteiger partial charge in [0.2, 0.25) is 0 Å². The molecule has 0 amide bonds. The van der Waals surface area contributed by atoms with E-state index >= 15 is 0 Å². The van der Waals surface area contributed by atoms with Crippen molar-refractivity contribution in [2.24, 2.45) is 4.99 Å². The Morgan fingerprint density at radius 3 is 2.87 bits per heavy atom. The highest BCUT2D eigenvalue weighted by Crippen LogP contribution is 2.17. The summed E-state index contributed by atoms with van der Waals surface area (Å²) < 4.78 is 3.45. The van der Waals surface area contributed by atoms with E-state index < -0.39 is 0 Å². The minimum atomic E-state index is 0.0492. The Labute approximate surface area is 137 Å². The zero-order valence-electron chi connectivity index (χ0n) is 14.1. The summed E-state index contributed by atoms with van der Waals surface area (Å²) in [5.41, 5.74) is 0.0492. The lowest BCUT2D eigenvalue weighted by Gasteiger charge is -2.16. The molecule has 0 saturated heterocycles. The predicted molar refractivity (Wildman–Crippen MR) is 90.8 cm³/mol. The third kappa shape index (κ3) is 3.95. The molecule has 1 fully saturated rings. The first-order chi connectivity index (χ1) is 11.3. The normalized spacial score (nSPS) is 18.9. The molecule has 2 heterocycles. The van der Waals surface area contributed by atoms with E-state index in [0.29, 0.717) is 12.6 Å². The van der Waals surface area contributed by atoms with Gasteiger partial charge in [-0.15, -0.1) is 0 Å². The van der Waals surface area contributed by atoms with Crippen LogP contribution >= 0.6 is 0 Å².